The van der Waals surface area contributed by atoms with Crippen LogP contribution in [0.1, 0.15) is 20.3 Å². The Labute approximate surface area is 118 Å². The molecule has 5 heteroatoms. The van der Waals surface area contributed by atoms with Crippen LogP contribution in [0, 0.1) is 5.92 Å². The average molecular weight is 319 g/mol. The van der Waals surface area contributed by atoms with Crippen LogP contribution in [-0.2, 0) is 9.53 Å². The molecule has 2 unspecified atom stereocenters. The van der Waals surface area contributed by atoms with Crippen molar-refractivity contribution < 1.29 is 9.53 Å². The molecule has 18 heavy (non-hydrogen) atoms. The highest BCUT2D eigenvalue weighted by atomic mass is 79.9. The lowest BCUT2D eigenvalue weighted by Crippen LogP contribution is -2.46. The SMILES string of the molecule is CC(C)C(Br)C(=O)N1CCC(N2CCOCC2)C1. The molecule has 2 saturated heterocycles. The molecule has 1 amide bonds. The third-order valence-electron chi connectivity index (χ3n) is 3.86. The number of carbonyl (C=O) groups is 1. The smallest absolute Gasteiger partial charge is 0.236 e. The minimum absolute atomic E-state index is 0.0408. The van der Waals surface area contributed by atoms with Gasteiger partial charge < -0.3 is 9.64 Å². The van der Waals surface area contributed by atoms with E-state index in [1.165, 1.54) is 0 Å². The van der Waals surface area contributed by atoms with E-state index < -0.39 is 0 Å². The molecular weight excluding hydrogens is 296 g/mol. The molecule has 0 aromatic rings. The molecule has 2 atom stereocenters. The predicted molar refractivity (Wildman–Crippen MR) is 74.9 cm³/mol. The Morgan fingerprint density at radius 2 is 1.94 bits per heavy atom. The number of rotatable bonds is 3. The molecule has 0 saturated carbocycles. The van der Waals surface area contributed by atoms with Crippen LogP contribution < -0.4 is 0 Å². The standard InChI is InChI=1S/C13H23BrN2O2/c1-10(2)12(14)13(17)16-4-3-11(9-16)15-5-7-18-8-6-15/h10-12H,3-9H2,1-2H3. The van der Waals surface area contributed by atoms with E-state index in [-0.39, 0.29) is 10.7 Å². The summed E-state index contributed by atoms with van der Waals surface area (Å²) in [6.45, 7) is 9.61. The van der Waals surface area contributed by atoms with E-state index in [2.05, 4.69) is 34.7 Å². The van der Waals surface area contributed by atoms with Gasteiger partial charge in [-0.1, -0.05) is 29.8 Å². The number of amides is 1. The Morgan fingerprint density at radius 3 is 2.56 bits per heavy atom. The molecule has 0 N–H and O–H groups in total. The van der Waals surface area contributed by atoms with Crippen molar-refractivity contribution >= 4 is 21.8 Å². The van der Waals surface area contributed by atoms with Gasteiger partial charge in [0.2, 0.25) is 5.91 Å². The van der Waals surface area contributed by atoms with Gasteiger partial charge in [0.15, 0.2) is 0 Å². The van der Waals surface area contributed by atoms with Crippen LogP contribution in [0.4, 0.5) is 0 Å². The summed E-state index contributed by atoms with van der Waals surface area (Å²) in [6, 6.07) is 0.532. The van der Waals surface area contributed by atoms with Gasteiger partial charge in [-0.15, -0.1) is 0 Å². The summed E-state index contributed by atoms with van der Waals surface area (Å²) in [6.07, 6.45) is 1.10. The van der Waals surface area contributed by atoms with Crippen LogP contribution in [0.5, 0.6) is 0 Å². The van der Waals surface area contributed by atoms with Crippen molar-refractivity contribution in [2.24, 2.45) is 5.92 Å². The van der Waals surface area contributed by atoms with Crippen LogP contribution in [-0.4, -0.2) is 66.0 Å². The van der Waals surface area contributed by atoms with E-state index in [0.29, 0.717) is 12.0 Å². The molecular formula is C13H23BrN2O2. The number of carbonyl (C=O) groups excluding carboxylic acids is 1. The van der Waals surface area contributed by atoms with E-state index in [1.54, 1.807) is 0 Å². The van der Waals surface area contributed by atoms with Gasteiger partial charge in [-0.25, -0.2) is 0 Å². The van der Waals surface area contributed by atoms with E-state index in [1.807, 2.05) is 4.90 Å². The fourth-order valence-corrected chi connectivity index (χ4v) is 2.93. The normalized spacial score (nSPS) is 27.8. The molecule has 0 radical (unpaired) electrons. The lowest BCUT2D eigenvalue weighted by atomic mass is 10.1. The molecule has 0 spiro atoms. The maximum atomic E-state index is 12.3. The number of hydrogen-bond acceptors (Lipinski definition) is 3. The summed E-state index contributed by atoms with van der Waals surface area (Å²) < 4.78 is 5.37. The molecule has 0 aliphatic carbocycles. The second-order valence-electron chi connectivity index (χ2n) is 5.52. The van der Waals surface area contributed by atoms with Crippen molar-refractivity contribution in [1.29, 1.82) is 0 Å². The van der Waals surface area contributed by atoms with Crippen molar-refractivity contribution in [2.45, 2.75) is 31.1 Å². The van der Waals surface area contributed by atoms with Crippen LogP contribution in [0.3, 0.4) is 0 Å². The number of alkyl halides is 1. The van der Waals surface area contributed by atoms with Gasteiger partial charge in [0.25, 0.3) is 0 Å². The average Bonchev–Trinajstić information content (AvgIpc) is 2.87. The highest BCUT2D eigenvalue weighted by molar-refractivity contribution is 9.10. The maximum Gasteiger partial charge on any atom is 0.236 e. The summed E-state index contributed by atoms with van der Waals surface area (Å²) in [7, 11) is 0. The molecule has 2 heterocycles. The van der Waals surface area contributed by atoms with Gasteiger partial charge in [-0.05, 0) is 12.3 Å². The number of ether oxygens (including phenoxy) is 1. The van der Waals surface area contributed by atoms with Crippen LogP contribution >= 0.6 is 15.9 Å². The first kappa shape index (κ1) is 14.3. The predicted octanol–water partition coefficient (Wildman–Crippen LogP) is 1.34. The molecule has 2 aliphatic heterocycles. The molecule has 104 valence electrons. The van der Waals surface area contributed by atoms with Crippen LogP contribution in [0.15, 0.2) is 0 Å². The maximum absolute atomic E-state index is 12.3. The van der Waals surface area contributed by atoms with Gasteiger partial charge >= 0.3 is 0 Å². The Hall–Kier alpha value is -0.130. The van der Waals surface area contributed by atoms with Crippen molar-refractivity contribution in [3.8, 4) is 0 Å². The first-order valence-electron chi connectivity index (χ1n) is 6.84. The Morgan fingerprint density at radius 1 is 1.28 bits per heavy atom. The number of nitrogens with zero attached hydrogens (tertiary/aromatic N) is 2. The van der Waals surface area contributed by atoms with Crippen molar-refractivity contribution in [1.82, 2.24) is 9.80 Å². The zero-order valence-corrected chi connectivity index (χ0v) is 12.9. The Bertz CT molecular complexity index is 293. The van der Waals surface area contributed by atoms with Crippen molar-refractivity contribution in [3.05, 3.63) is 0 Å². The molecule has 2 aliphatic rings. The first-order valence-corrected chi connectivity index (χ1v) is 7.76. The summed E-state index contributed by atoms with van der Waals surface area (Å²) in [4.78, 5) is 16.7. The second kappa shape index (κ2) is 6.35. The summed E-state index contributed by atoms with van der Waals surface area (Å²) >= 11 is 3.51. The number of morpholine rings is 1. The summed E-state index contributed by atoms with van der Waals surface area (Å²) in [5.41, 5.74) is 0. The quantitative estimate of drug-likeness (QED) is 0.736. The van der Waals surface area contributed by atoms with Gasteiger partial charge in [0, 0.05) is 32.2 Å². The second-order valence-corrected chi connectivity index (χ2v) is 6.51. The largest absolute Gasteiger partial charge is 0.379 e. The zero-order valence-electron chi connectivity index (χ0n) is 11.3. The number of halogens is 1. The molecule has 2 fully saturated rings. The molecule has 0 aromatic carbocycles. The fraction of sp³-hybridized carbons (Fsp3) is 0.923. The lowest BCUT2D eigenvalue weighted by Gasteiger charge is -2.32. The number of likely N-dealkylation sites (tertiary alicyclic amines) is 1. The fourth-order valence-electron chi connectivity index (χ4n) is 2.64. The summed E-state index contributed by atoms with van der Waals surface area (Å²) in [5, 5.41) is 0. The van der Waals surface area contributed by atoms with Crippen molar-refractivity contribution in [2.75, 3.05) is 39.4 Å². The minimum atomic E-state index is -0.0408. The van der Waals surface area contributed by atoms with Crippen LogP contribution in [0.25, 0.3) is 0 Å². The highest BCUT2D eigenvalue weighted by Crippen LogP contribution is 2.21. The van der Waals surface area contributed by atoms with Crippen molar-refractivity contribution in [3.63, 3.8) is 0 Å². The van der Waals surface area contributed by atoms with Gasteiger partial charge in [-0.2, -0.15) is 0 Å². The van der Waals surface area contributed by atoms with Gasteiger partial charge in [0.05, 0.1) is 18.0 Å². The minimum Gasteiger partial charge on any atom is -0.379 e. The Kier molecular flexibility index (Phi) is 5.04. The molecule has 4 nitrogen and oxygen atoms in total. The third-order valence-corrected chi connectivity index (χ3v) is 5.31. The number of hydrogen-bond donors (Lipinski definition) is 0. The lowest BCUT2D eigenvalue weighted by molar-refractivity contribution is -0.130. The first-order chi connectivity index (χ1) is 8.59. The monoisotopic (exact) mass is 318 g/mol. The molecule has 0 bridgehead atoms. The zero-order chi connectivity index (χ0) is 13.1. The highest BCUT2D eigenvalue weighted by Gasteiger charge is 2.33. The van der Waals surface area contributed by atoms with Gasteiger partial charge in [0.1, 0.15) is 0 Å². The summed E-state index contributed by atoms with van der Waals surface area (Å²) in [5.74, 6) is 0.598. The topological polar surface area (TPSA) is 32.8 Å². The van der Waals surface area contributed by atoms with E-state index in [0.717, 1.165) is 45.8 Å². The van der Waals surface area contributed by atoms with E-state index in [9.17, 15) is 4.79 Å². The van der Waals surface area contributed by atoms with Crippen LogP contribution in [0.2, 0.25) is 0 Å². The van der Waals surface area contributed by atoms with E-state index >= 15 is 0 Å². The molecule has 2 rings (SSSR count). The third kappa shape index (κ3) is 3.25. The Balaban J connectivity index is 1.85. The molecule has 0 aromatic heterocycles. The van der Waals surface area contributed by atoms with E-state index in [4.69, 9.17) is 4.74 Å². The van der Waals surface area contributed by atoms with Gasteiger partial charge in [-0.3, -0.25) is 9.69 Å².